The number of nitro groups is 1. The number of pyridine rings is 1. The van der Waals surface area contributed by atoms with Gasteiger partial charge in [0.2, 0.25) is 0 Å². The van der Waals surface area contributed by atoms with Crippen LogP contribution in [0.1, 0.15) is 12.8 Å². The van der Waals surface area contributed by atoms with Gasteiger partial charge < -0.3 is 14.7 Å². The Hall–Kier alpha value is -2.90. The fraction of sp³-hybridized carbons (Fsp3) is 0.375. The SMILES string of the molecule is COc1ccc2c(N3CCCC(C(=O)O)C3)c([N+](=O)[O-])cnc2c1. The lowest BCUT2D eigenvalue weighted by molar-refractivity contribution is -0.384. The Bertz CT molecular complexity index is 808. The maximum atomic E-state index is 11.4. The fourth-order valence-corrected chi connectivity index (χ4v) is 3.12. The molecule has 1 unspecified atom stereocenters. The largest absolute Gasteiger partial charge is 0.497 e. The van der Waals surface area contributed by atoms with Gasteiger partial charge in [0.25, 0.3) is 0 Å². The molecule has 1 saturated heterocycles. The Morgan fingerprint density at radius 1 is 1.50 bits per heavy atom. The van der Waals surface area contributed by atoms with Crippen molar-refractivity contribution in [3.05, 3.63) is 34.5 Å². The summed E-state index contributed by atoms with van der Waals surface area (Å²) in [4.78, 5) is 28.2. The highest BCUT2D eigenvalue weighted by Crippen LogP contribution is 2.38. The smallest absolute Gasteiger partial charge is 0.311 e. The summed E-state index contributed by atoms with van der Waals surface area (Å²) in [6.07, 6.45) is 2.48. The Morgan fingerprint density at radius 3 is 2.96 bits per heavy atom. The van der Waals surface area contributed by atoms with E-state index in [4.69, 9.17) is 4.74 Å². The van der Waals surface area contributed by atoms with Gasteiger partial charge in [-0.1, -0.05) is 0 Å². The van der Waals surface area contributed by atoms with Crippen LogP contribution in [0.3, 0.4) is 0 Å². The molecular formula is C16H17N3O5. The Labute approximate surface area is 137 Å². The summed E-state index contributed by atoms with van der Waals surface area (Å²) in [6, 6.07) is 5.16. The van der Waals surface area contributed by atoms with Crippen molar-refractivity contribution in [3.63, 3.8) is 0 Å². The van der Waals surface area contributed by atoms with Gasteiger partial charge in [-0.2, -0.15) is 0 Å². The number of nitrogens with zero attached hydrogens (tertiary/aromatic N) is 3. The monoisotopic (exact) mass is 331 g/mol. The third kappa shape index (κ3) is 2.82. The van der Waals surface area contributed by atoms with Gasteiger partial charge >= 0.3 is 11.7 Å². The molecule has 0 spiro atoms. The average molecular weight is 331 g/mol. The highest BCUT2D eigenvalue weighted by Gasteiger charge is 2.30. The van der Waals surface area contributed by atoms with E-state index in [1.54, 1.807) is 23.1 Å². The van der Waals surface area contributed by atoms with Crippen LogP contribution in [0.25, 0.3) is 10.9 Å². The lowest BCUT2D eigenvalue weighted by atomic mass is 9.97. The van der Waals surface area contributed by atoms with Gasteiger partial charge in [-0.3, -0.25) is 14.9 Å². The first-order valence-electron chi connectivity index (χ1n) is 7.60. The number of carboxylic acids is 1. The minimum atomic E-state index is -0.873. The van der Waals surface area contributed by atoms with E-state index in [1.807, 2.05) is 0 Å². The van der Waals surface area contributed by atoms with E-state index in [1.165, 1.54) is 13.3 Å². The Balaban J connectivity index is 2.14. The highest BCUT2D eigenvalue weighted by molar-refractivity contribution is 5.97. The van der Waals surface area contributed by atoms with Gasteiger partial charge in [0, 0.05) is 24.5 Å². The first kappa shape index (κ1) is 16.0. The number of carboxylic acid groups (broad SMARTS) is 1. The molecule has 0 aliphatic carbocycles. The van der Waals surface area contributed by atoms with E-state index in [-0.39, 0.29) is 12.2 Å². The van der Waals surface area contributed by atoms with Gasteiger partial charge in [-0.05, 0) is 25.0 Å². The number of anilines is 1. The molecule has 1 fully saturated rings. The summed E-state index contributed by atoms with van der Waals surface area (Å²) >= 11 is 0. The molecule has 1 atom stereocenters. The molecule has 0 saturated carbocycles. The number of fused-ring (bicyclic) bond motifs is 1. The van der Waals surface area contributed by atoms with E-state index in [0.717, 1.165) is 0 Å². The summed E-state index contributed by atoms with van der Waals surface area (Å²) in [5, 5.41) is 21.3. The summed E-state index contributed by atoms with van der Waals surface area (Å²) in [6.45, 7) is 0.830. The van der Waals surface area contributed by atoms with Crippen molar-refractivity contribution >= 4 is 28.2 Å². The van der Waals surface area contributed by atoms with Crippen molar-refractivity contribution in [1.29, 1.82) is 0 Å². The molecule has 8 heteroatoms. The molecule has 2 heterocycles. The molecule has 3 rings (SSSR count). The lowest BCUT2D eigenvalue weighted by Gasteiger charge is -2.32. The Kier molecular flexibility index (Phi) is 4.20. The molecule has 0 amide bonds. The van der Waals surface area contributed by atoms with Gasteiger partial charge in [0.15, 0.2) is 0 Å². The third-order valence-electron chi connectivity index (χ3n) is 4.31. The van der Waals surface area contributed by atoms with Crippen molar-refractivity contribution in [3.8, 4) is 5.75 Å². The zero-order valence-corrected chi connectivity index (χ0v) is 13.1. The second-order valence-corrected chi connectivity index (χ2v) is 5.76. The average Bonchev–Trinajstić information content (AvgIpc) is 2.60. The fourth-order valence-electron chi connectivity index (χ4n) is 3.12. The molecule has 126 valence electrons. The highest BCUT2D eigenvalue weighted by atomic mass is 16.6. The van der Waals surface area contributed by atoms with E-state index in [9.17, 15) is 20.0 Å². The molecule has 1 aromatic heterocycles. The molecular weight excluding hydrogens is 314 g/mol. The van der Waals surface area contributed by atoms with Gasteiger partial charge in [0.1, 0.15) is 17.6 Å². The van der Waals surface area contributed by atoms with Gasteiger partial charge in [0.05, 0.1) is 23.5 Å². The van der Waals surface area contributed by atoms with Crippen molar-refractivity contribution in [2.45, 2.75) is 12.8 Å². The minimum absolute atomic E-state index is 0.112. The van der Waals surface area contributed by atoms with Crippen molar-refractivity contribution in [1.82, 2.24) is 4.98 Å². The van der Waals surface area contributed by atoms with Crippen LogP contribution >= 0.6 is 0 Å². The number of aromatic nitrogens is 1. The first-order chi connectivity index (χ1) is 11.5. The molecule has 1 aliphatic rings. The molecule has 1 aliphatic heterocycles. The quantitative estimate of drug-likeness (QED) is 0.677. The first-order valence-corrected chi connectivity index (χ1v) is 7.60. The molecule has 8 nitrogen and oxygen atoms in total. The number of methoxy groups -OCH3 is 1. The minimum Gasteiger partial charge on any atom is -0.497 e. The van der Waals surface area contributed by atoms with Crippen molar-refractivity contribution in [2.24, 2.45) is 5.92 Å². The summed E-state index contributed by atoms with van der Waals surface area (Å²) in [7, 11) is 1.54. The predicted molar refractivity (Wildman–Crippen MR) is 87.5 cm³/mol. The van der Waals surface area contributed by atoms with Crippen LogP contribution in [0.4, 0.5) is 11.4 Å². The van der Waals surface area contributed by atoms with Crippen LogP contribution in [-0.4, -0.2) is 41.2 Å². The van der Waals surface area contributed by atoms with Gasteiger partial charge in [-0.25, -0.2) is 4.98 Å². The van der Waals surface area contributed by atoms with E-state index >= 15 is 0 Å². The molecule has 24 heavy (non-hydrogen) atoms. The molecule has 0 bridgehead atoms. The number of hydrogen-bond donors (Lipinski definition) is 1. The van der Waals surface area contributed by atoms with Crippen LogP contribution in [0.2, 0.25) is 0 Å². The Morgan fingerprint density at radius 2 is 2.29 bits per heavy atom. The summed E-state index contributed by atoms with van der Waals surface area (Å²) in [5.74, 6) is -0.793. The van der Waals surface area contributed by atoms with Crippen molar-refractivity contribution < 1.29 is 19.6 Å². The predicted octanol–water partition coefficient (Wildman–Crippen LogP) is 2.45. The number of benzene rings is 1. The molecule has 2 aromatic rings. The van der Waals surface area contributed by atoms with Crippen molar-refractivity contribution in [2.75, 3.05) is 25.1 Å². The number of piperidine rings is 1. The van der Waals surface area contributed by atoms with E-state index in [0.29, 0.717) is 41.7 Å². The zero-order valence-electron chi connectivity index (χ0n) is 13.1. The summed E-state index contributed by atoms with van der Waals surface area (Å²) < 4.78 is 5.17. The number of ether oxygens (including phenoxy) is 1. The molecule has 1 N–H and O–H groups in total. The summed E-state index contributed by atoms with van der Waals surface area (Å²) in [5.41, 5.74) is 0.893. The van der Waals surface area contributed by atoms with E-state index < -0.39 is 16.8 Å². The maximum Gasteiger partial charge on any atom is 0.311 e. The third-order valence-corrected chi connectivity index (χ3v) is 4.31. The van der Waals surface area contributed by atoms with Crippen LogP contribution in [0, 0.1) is 16.0 Å². The number of rotatable bonds is 4. The number of carbonyl (C=O) groups is 1. The number of hydrogen-bond acceptors (Lipinski definition) is 6. The molecule has 0 radical (unpaired) electrons. The number of aliphatic carboxylic acids is 1. The van der Waals surface area contributed by atoms with Crippen LogP contribution < -0.4 is 9.64 Å². The molecule has 1 aromatic carbocycles. The van der Waals surface area contributed by atoms with Crippen LogP contribution in [-0.2, 0) is 4.79 Å². The van der Waals surface area contributed by atoms with E-state index in [2.05, 4.69) is 4.98 Å². The second kappa shape index (κ2) is 6.31. The van der Waals surface area contributed by atoms with Crippen LogP contribution in [0.15, 0.2) is 24.4 Å². The maximum absolute atomic E-state index is 11.4. The topological polar surface area (TPSA) is 106 Å². The van der Waals surface area contributed by atoms with Gasteiger partial charge in [-0.15, -0.1) is 0 Å². The normalized spacial score (nSPS) is 17.7. The standard InChI is InChI=1S/C16H17N3O5/c1-24-11-4-5-12-13(7-11)17-8-14(19(22)23)15(12)18-6-2-3-10(9-18)16(20)21/h4-5,7-8,10H,2-3,6,9H2,1H3,(H,20,21). The van der Waals surface area contributed by atoms with Crippen LogP contribution in [0.5, 0.6) is 5.75 Å². The second-order valence-electron chi connectivity index (χ2n) is 5.76. The lowest BCUT2D eigenvalue weighted by Crippen LogP contribution is -2.39. The zero-order chi connectivity index (χ0) is 17.3.